The summed E-state index contributed by atoms with van der Waals surface area (Å²) in [6.07, 6.45) is 0. The van der Waals surface area contributed by atoms with Gasteiger partial charge in [0.15, 0.2) is 11.0 Å². The first kappa shape index (κ1) is 25.7. The molecule has 0 spiro atoms. The predicted octanol–water partition coefficient (Wildman–Crippen LogP) is 7.39. The number of carbonyl (C=O) groups excluding carboxylic acids is 1. The van der Waals surface area contributed by atoms with Gasteiger partial charge in [-0.15, -0.1) is 10.2 Å². The van der Waals surface area contributed by atoms with Gasteiger partial charge in [0.1, 0.15) is 0 Å². The molecule has 1 amide bonds. The fourth-order valence-corrected chi connectivity index (χ4v) is 4.78. The van der Waals surface area contributed by atoms with E-state index in [4.69, 9.17) is 0 Å². The lowest BCUT2D eigenvalue weighted by molar-refractivity contribution is -0.113. The summed E-state index contributed by atoms with van der Waals surface area (Å²) in [4.78, 5) is 12.9. The standard InChI is InChI=1S/C30H34N4OS/c1-20(2)25-9-7-8-10-26(25)31-27(35)19-36-29-33-32-28(34(29)24-17-11-21(3)12-18-24)22-13-15-23(16-14-22)30(4,5)6/h7-18,20H,19H2,1-6H3,(H,31,35). The SMILES string of the molecule is Cc1ccc(-n2c(SCC(=O)Nc3ccccc3C(C)C)nnc2-c2ccc(C(C)(C)C)cc2)cc1. The van der Waals surface area contributed by atoms with Crippen LogP contribution in [0.5, 0.6) is 0 Å². The Morgan fingerprint density at radius 3 is 2.25 bits per heavy atom. The number of para-hydroxylation sites is 1. The van der Waals surface area contributed by atoms with Crippen molar-refractivity contribution in [2.45, 2.75) is 58.0 Å². The van der Waals surface area contributed by atoms with E-state index in [9.17, 15) is 4.79 Å². The molecule has 6 heteroatoms. The molecule has 4 aromatic rings. The highest BCUT2D eigenvalue weighted by atomic mass is 32.2. The van der Waals surface area contributed by atoms with E-state index in [1.54, 1.807) is 0 Å². The van der Waals surface area contributed by atoms with Gasteiger partial charge in [0.2, 0.25) is 5.91 Å². The summed E-state index contributed by atoms with van der Waals surface area (Å²) in [7, 11) is 0. The third-order valence-corrected chi connectivity index (χ3v) is 7.05. The number of hydrogen-bond donors (Lipinski definition) is 1. The minimum Gasteiger partial charge on any atom is -0.325 e. The second kappa shape index (κ2) is 10.7. The topological polar surface area (TPSA) is 59.8 Å². The van der Waals surface area contributed by atoms with E-state index in [0.717, 1.165) is 28.3 Å². The van der Waals surface area contributed by atoms with E-state index >= 15 is 0 Å². The number of rotatable bonds is 7. The van der Waals surface area contributed by atoms with Crippen LogP contribution in [-0.2, 0) is 10.2 Å². The predicted molar refractivity (Wildman–Crippen MR) is 150 cm³/mol. The molecule has 0 saturated heterocycles. The van der Waals surface area contributed by atoms with Crippen LogP contribution in [-0.4, -0.2) is 26.4 Å². The number of nitrogens with zero attached hydrogens (tertiary/aromatic N) is 3. The lowest BCUT2D eigenvalue weighted by Gasteiger charge is -2.19. The molecule has 1 aromatic heterocycles. The first-order chi connectivity index (χ1) is 17.1. The van der Waals surface area contributed by atoms with Gasteiger partial charge < -0.3 is 5.32 Å². The summed E-state index contributed by atoms with van der Waals surface area (Å²) in [5.74, 6) is 1.25. The smallest absolute Gasteiger partial charge is 0.234 e. The Balaban J connectivity index is 1.61. The number of nitrogens with one attached hydrogen (secondary N) is 1. The molecule has 0 bridgehead atoms. The van der Waals surface area contributed by atoms with Crippen molar-refractivity contribution in [3.05, 3.63) is 89.5 Å². The molecule has 186 valence electrons. The van der Waals surface area contributed by atoms with Gasteiger partial charge in [-0.25, -0.2) is 0 Å². The van der Waals surface area contributed by atoms with Crippen molar-refractivity contribution in [3.8, 4) is 17.1 Å². The molecular formula is C30H34N4OS. The van der Waals surface area contributed by atoms with Crippen molar-refractivity contribution in [2.24, 2.45) is 0 Å². The number of anilines is 1. The van der Waals surface area contributed by atoms with Crippen molar-refractivity contribution >= 4 is 23.4 Å². The van der Waals surface area contributed by atoms with E-state index in [-0.39, 0.29) is 17.1 Å². The van der Waals surface area contributed by atoms with Crippen LogP contribution in [0, 0.1) is 6.92 Å². The maximum atomic E-state index is 12.9. The van der Waals surface area contributed by atoms with Gasteiger partial charge >= 0.3 is 0 Å². The number of amides is 1. The first-order valence-corrected chi connectivity index (χ1v) is 13.3. The molecule has 0 aliphatic carbocycles. The van der Waals surface area contributed by atoms with Crippen LogP contribution in [0.4, 0.5) is 5.69 Å². The lowest BCUT2D eigenvalue weighted by Crippen LogP contribution is -2.16. The van der Waals surface area contributed by atoms with E-state index in [0.29, 0.717) is 11.1 Å². The third-order valence-electron chi connectivity index (χ3n) is 6.12. The van der Waals surface area contributed by atoms with Gasteiger partial charge in [-0.05, 0) is 47.6 Å². The molecule has 1 N–H and O–H groups in total. The fourth-order valence-electron chi connectivity index (χ4n) is 4.03. The number of thioether (sulfide) groups is 1. The Labute approximate surface area is 218 Å². The molecule has 4 rings (SSSR count). The Morgan fingerprint density at radius 1 is 0.944 bits per heavy atom. The van der Waals surface area contributed by atoms with Crippen molar-refractivity contribution in [1.82, 2.24) is 14.8 Å². The maximum Gasteiger partial charge on any atom is 0.234 e. The zero-order valence-electron chi connectivity index (χ0n) is 21.9. The summed E-state index contributed by atoms with van der Waals surface area (Å²) < 4.78 is 2.03. The molecule has 0 saturated carbocycles. The molecule has 3 aromatic carbocycles. The van der Waals surface area contributed by atoms with Crippen LogP contribution in [0.25, 0.3) is 17.1 Å². The molecule has 0 radical (unpaired) electrons. The van der Waals surface area contributed by atoms with Gasteiger partial charge in [0.05, 0.1) is 5.75 Å². The van der Waals surface area contributed by atoms with Crippen LogP contribution in [0.3, 0.4) is 0 Å². The van der Waals surface area contributed by atoms with Crippen LogP contribution in [0.15, 0.2) is 78.0 Å². The summed E-state index contributed by atoms with van der Waals surface area (Å²) in [5, 5.41) is 12.8. The molecule has 0 aliphatic heterocycles. The Hall–Kier alpha value is -3.38. The normalized spacial score (nSPS) is 11.6. The highest BCUT2D eigenvalue weighted by molar-refractivity contribution is 7.99. The average Bonchev–Trinajstić information content (AvgIpc) is 3.27. The van der Waals surface area contributed by atoms with Gasteiger partial charge in [0, 0.05) is 16.9 Å². The minimum absolute atomic E-state index is 0.0670. The molecule has 0 aliphatic rings. The number of hydrogen-bond acceptors (Lipinski definition) is 4. The Kier molecular flexibility index (Phi) is 7.65. The fraction of sp³-hybridized carbons (Fsp3) is 0.300. The maximum absolute atomic E-state index is 12.9. The number of benzene rings is 3. The molecule has 36 heavy (non-hydrogen) atoms. The highest BCUT2D eigenvalue weighted by Gasteiger charge is 2.19. The zero-order valence-corrected chi connectivity index (χ0v) is 22.7. The van der Waals surface area contributed by atoms with Crippen LogP contribution < -0.4 is 5.32 Å². The second-order valence-corrected chi connectivity index (χ2v) is 11.3. The minimum atomic E-state index is -0.0670. The van der Waals surface area contributed by atoms with Crippen LogP contribution in [0.1, 0.15) is 57.2 Å². The highest BCUT2D eigenvalue weighted by Crippen LogP contribution is 2.31. The van der Waals surface area contributed by atoms with Crippen molar-refractivity contribution in [3.63, 3.8) is 0 Å². The van der Waals surface area contributed by atoms with Gasteiger partial charge in [-0.2, -0.15) is 0 Å². The van der Waals surface area contributed by atoms with Gasteiger partial charge in [-0.3, -0.25) is 9.36 Å². The molecule has 0 fully saturated rings. The van der Waals surface area contributed by atoms with Crippen LogP contribution in [0.2, 0.25) is 0 Å². The Bertz CT molecular complexity index is 1330. The van der Waals surface area contributed by atoms with Gasteiger partial charge in [0.25, 0.3) is 0 Å². The molecule has 5 nitrogen and oxygen atoms in total. The summed E-state index contributed by atoms with van der Waals surface area (Å²) in [6, 6.07) is 24.7. The van der Waals surface area contributed by atoms with Crippen molar-refractivity contribution in [2.75, 3.05) is 11.1 Å². The summed E-state index contributed by atoms with van der Waals surface area (Å²) >= 11 is 1.39. The summed E-state index contributed by atoms with van der Waals surface area (Å²) in [6.45, 7) is 12.9. The van der Waals surface area contributed by atoms with Crippen molar-refractivity contribution in [1.29, 1.82) is 0 Å². The van der Waals surface area contributed by atoms with E-state index in [1.165, 1.54) is 22.9 Å². The second-order valence-electron chi connectivity index (χ2n) is 10.4. The monoisotopic (exact) mass is 498 g/mol. The number of aryl methyl sites for hydroxylation is 1. The average molecular weight is 499 g/mol. The molecule has 1 heterocycles. The first-order valence-electron chi connectivity index (χ1n) is 12.3. The zero-order chi connectivity index (χ0) is 25.9. The van der Waals surface area contributed by atoms with Gasteiger partial charge in [-0.1, -0.05) is 107 Å². The molecule has 0 atom stereocenters. The van der Waals surface area contributed by atoms with E-state index < -0.39 is 0 Å². The number of carbonyl (C=O) groups is 1. The van der Waals surface area contributed by atoms with E-state index in [2.05, 4.69) is 112 Å². The molecular weight excluding hydrogens is 464 g/mol. The van der Waals surface area contributed by atoms with Crippen molar-refractivity contribution < 1.29 is 4.79 Å². The molecule has 0 unspecified atom stereocenters. The quantitative estimate of drug-likeness (QED) is 0.270. The summed E-state index contributed by atoms with van der Waals surface area (Å²) in [5.41, 5.74) is 6.45. The largest absolute Gasteiger partial charge is 0.325 e. The Morgan fingerprint density at radius 2 is 1.61 bits per heavy atom. The van der Waals surface area contributed by atoms with E-state index in [1.807, 2.05) is 22.8 Å². The number of aromatic nitrogens is 3. The lowest BCUT2D eigenvalue weighted by atomic mass is 9.87. The van der Waals surface area contributed by atoms with Crippen LogP contribution >= 0.6 is 11.8 Å². The third kappa shape index (κ3) is 5.88.